The molecule has 0 spiro atoms. The summed E-state index contributed by atoms with van der Waals surface area (Å²) in [5.74, 6) is -0.356. The van der Waals surface area contributed by atoms with E-state index in [0.717, 1.165) is 37.2 Å². The van der Waals surface area contributed by atoms with Crippen LogP contribution in [0.25, 0.3) is 11.3 Å². The van der Waals surface area contributed by atoms with Gasteiger partial charge in [-0.15, -0.1) is 10.2 Å². The Morgan fingerprint density at radius 1 is 0.944 bits per heavy atom. The van der Waals surface area contributed by atoms with E-state index in [-0.39, 0.29) is 24.1 Å². The highest BCUT2D eigenvalue weighted by atomic mass is 35.5. The lowest BCUT2D eigenvalue weighted by molar-refractivity contribution is -0.131. The third-order valence-corrected chi connectivity index (χ3v) is 6.96. The first-order chi connectivity index (χ1) is 17.5. The summed E-state index contributed by atoms with van der Waals surface area (Å²) in [4.78, 5) is 31.6. The summed E-state index contributed by atoms with van der Waals surface area (Å²) in [5, 5.41) is 9.38. The minimum Gasteiger partial charge on any atom is -0.353 e. The number of hydrogen-bond acceptors (Lipinski definition) is 5. The van der Waals surface area contributed by atoms with Crippen molar-refractivity contribution in [3.05, 3.63) is 77.1 Å². The van der Waals surface area contributed by atoms with Gasteiger partial charge in [0.2, 0.25) is 5.91 Å². The van der Waals surface area contributed by atoms with E-state index in [1.807, 2.05) is 36.4 Å². The SMILES string of the molecule is O=C(CN(C(=O)c1ccccc1F)C1CC1)N1CCCN(c2ccc(-c3ccccc3Cl)nn2)CC1. The van der Waals surface area contributed by atoms with Crippen LogP contribution in [0.1, 0.15) is 29.6 Å². The van der Waals surface area contributed by atoms with Gasteiger partial charge >= 0.3 is 0 Å². The van der Waals surface area contributed by atoms with Crippen LogP contribution in [0.3, 0.4) is 0 Å². The zero-order chi connectivity index (χ0) is 25.1. The normalized spacial score (nSPS) is 15.9. The van der Waals surface area contributed by atoms with E-state index >= 15 is 0 Å². The number of carbonyl (C=O) groups is 2. The highest BCUT2D eigenvalue weighted by molar-refractivity contribution is 6.33. The number of rotatable bonds is 6. The Balaban J connectivity index is 1.22. The van der Waals surface area contributed by atoms with E-state index in [2.05, 4.69) is 15.1 Å². The van der Waals surface area contributed by atoms with E-state index in [1.165, 1.54) is 17.0 Å². The van der Waals surface area contributed by atoms with E-state index < -0.39 is 11.7 Å². The van der Waals surface area contributed by atoms with Gasteiger partial charge in [-0.25, -0.2) is 4.39 Å². The molecule has 2 aliphatic rings. The van der Waals surface area contributed by atoms with Crippen LogP contribution >= 0.6 is 11.6 Å². The maximum atomic E-state index is 14.2. The molecule has 0 bridgehead atoms. The van der Waals surface area contributed by atoms with Gasteiger partial charge in [0.15, 0.2) is 5.82 Å². The van der Waals surface area contributed by atoms with Crippen LogP contribution in [-0.4, -0.2) is 70.6 Å². The Morgan fingerprint density at radius 2 is 1.72 bits per heavy atom. The molecule has 0 N–H and O–H groups in total. The summed E-state index contributed by atoms with van der Waals surface area (Å²) in [6.07, 6.45) is 2.44. The van der Waals surface area contributed by atoms with Crippen LogP contribution in [0.4, 0.5) is 10.2 Å². The van der Waals surface area contributed by atoms with Gasteiger partial charge in [-0.2, -0.15) is 0 Å². The maximum Gasteiger partial charge on any atom is 0.257 e. The predicted molar refractivity (Wildman–Crippen MR) is 136 cm³/mol. The standard InChI is InChI=1S/C27H27ClFN5O2/c28-22-8-3-1-6-20(22)24-12-13-25(31-30-24)32-14-5-15-33(17-16-32)26(35)18-34(19-10-11-19)27(36)21-7-2-4-9-23(21)29/h1-4,6-9,12-13,19H,5,10-11,14-18H2. The van der Waals surface area contributed by atoms with E-state index in [1.54, 1.807) is 17.0 Å². The summed E-state index contributed by atoms with van der Waals surface area (Å²) in [6, 6.07) is 17.3. The Kier molecular flexibility index (Phi) is 7.13. The minimum atomic E-state index is -0.562. The highest BCUT2D eigenvalue weighted by Gasteiger charge is 2.36. The average Bonchev–Trinajstić information content (AvgIpc) is 3.75. The molecule has 3 aromatic rings. The molecule has 1 saturated carbocycles. The molecule has 2 aromatic carbocycles. The summed E-state index contributed by atoms with van der Waals surface area (Å²) in [5.41, 5.74) is 1.55. The first-order valence-electron chi connectivity index (χ1n) is 12.2. The van der Waals surface area contributed by atoms with Crippen molar-refractivity contribution in [2.45, 2.75) is 25.3 Å². The van der Waals surface area contributed by atoms with Gasteiger partial charge in [-0.1, -0.05) is 41.9 Å². The monoisotopic (exact) mass is 507 g/mol. The summed E-state index contributed by atoms with van der Waals surface area (Å²) in [6.45, 7) is 2.41. The number of benzene rings is 2. The third-order valence-electron chi connectivity index (χ3n) is 6.63. The molecule has 1 aromatic heterocycles. The van der Waals surface area contributed by atoms with Crippen LogP contribution in [0.15, 0.2) is 60.7 Å². The second kappa shape index (κ2) is 10.6. The Labute approximate surface area is 214 Å². The number of aromatic nitrogens is 2. The quantitative estimate of drug-likeness (QED) is 0.498. The molecular weight excluding hydrogens is 481 g/mol. The maximum absolute atomic E-state index is 14.2. The number of hydrogen-bond donors (Lipinski definition) is 0. The fourth-order valence-electron chi connectivity index (χ4n) is 4.49. The molecule has 186 valence electrons. The van der Waals surface area contributed by atoms with Gasteiger partial charge in [0.05, 0.1) is 16.3 Å². The molecule has 36 heavy (non-hydrogen) atoms. The van der Waals surface area contributed by atoms with Crippen molar-refractivity contribution in [2.75, 3.05) is 37.6 Å². The summed E-state index contributed by atoms with van der Waals surface area (Å²) < 4.78 is 14.2. The van der Waals surface area contributed by atoms with Crippen molar-refractivity contribution in [1.29, 1.82) is 0 Å². The number of nitrogens with zero attached hydrogens (tertiary/aromatic N) is 5. The van der Waals surface area contributed by atoms with Crippen molar-refractivity contribution in [3.63, 3.8) is 0 Å². The molecule has 1 saturated heterocycles. The smallest absolute Gasteiger partial charge is 0.257 e. The molecule has 0 radical (unpaired) electrons. The van der Waals surface area contributed by atoms with Crippen molar-refractivity contribution in [3.8, 4) is 11.3 Å². The van der Waals surface area contributed by atoms with Crippen LogP contribution in [0.5, 0.6) is 0 Å². The van der Waals surface area contributed by atoms with Gasteiger partial charge in [0.25, 0.3) is 5.91 Å². The van der Waals surface area contributed by atoms with Crippen molar-refractivity contribution >= 4 is 29.2 Å². The van der Waals surface area contributed by atoms with Gasteiger partial charge < -0.3 is 14.7 Å². The first kappa shape index (κ1) is 24.2. The Bertz CT molecular complexity index is 1250. The number of amides is 2. The first-order valence-corrected chi connectivity index (χ1v) is 12.6. The molecule has 1 aliphatic carbocycles. The van der Waals surface area contributed by atoms with Gasteiger partial charge in [-0.3, -0.25) is 9.59 Å². The largest absolute Gasteiger partial charge is 0.353 e. The van der Waals surface area contributed by atoms with Gasteiger partial charge in [0.1, 0.15) is 12.4 Å². The van der Waals surface area contributed by atoms with Crippen molar-refractivity contribution in [2.24, 2.45) is 0 Å². The third kappa shape index (κ3) is 5.33. The molecule has 5 rings (SSSR count). The van der Waals surface area contributed by atoms with Gasteiger partial charge in [-0.05, 0) is 49.6 Å². The second-order valence-corrected chi connectivity index (χ2v) is 9.53. The van der Waals surface area contributed by atoms with Crippen molar-refractivity contribution in [1.82, 2.24) is 20.0 Å². The fraction of sp³-hybridized carbons (Fsp3) is 0.333. The Morgan fingerprint density at radius 3 is 2.44 bits per heavy atom. The molecule has 7 nitrogen and oxygen atoms in total. The van der Waals surface area contributed by atoms with E-state index in [4.69, 9.17) is 11.6 Å². The van der Waals surface area contributed by atoms with Crippen LogP contribution in [0.2, 0.25) is 5.02 Å². The molecular formula is C27H27ClFN5O2. The highest BCUT2D eigenvalue weighted by Crippen LogP contribution is 2.29. The molecule has 0 atom stereocenters. The molecule has 1 aliphatic heterocycles. The lowest BCUT2D eigenvalue weighted by Crippen LogP contribution is -2.45. The second-order valence-electron chi connectivity index (χ2n) is 9.12. The van der Waals surface area contributed by atoms with E-state index in [9.17, 15) is 14.0 Å². The zero-order valence-corrected chi connectivity index (χ0v) is 20.6. The Hall–Kier alpha value is -3.52. The lowest BCUT2D eigenvalue weighted by Gasteiger charge is -2.27. The molecule has 2 amide bonds. The molecule has 2 heterocycles. The summed E-state index contributed by atoms with van der Waals surface area (Å²) >= 11 is 6.28. The molecule has 9 heteroatoms. The van der Waals surface area contributed by atoms with Gasteiger partial charge in [0, 0.05) is 37.8 Å². The fourth-order valence-corrected chi connectivity index (χ4v) is 4.72. The number of carbonyl (C=O) groups excluding carboxylic acids is 2. The van der Waals surface area contributed by atoms with Crippen LogP contribution in [-0.2, 0) is 4.79 Å². The van der Waals surface area contributed by atoms with Crippen molar-refractivity contribution < 1.29 is 14.0 Å². The molecule has 2 fully saturated rings. The summed E-state index contributed by atoms with van der Waals surface area (Å²) in [7, 11) is 0. The topological polar surface area (TPSA) is 69.6 Å². The minimum absolute atomic E-state index is 0.00330. The average molecular weight is 508 g/mol. The van der Waals surface area contributed by atoms with Crippen LogP contribution < -0.4 is 4.90 Å². The van der Waals surface area contributed by atoms with E-state index in [0.29, 0.717) is 30.4 Å². The predicted octanol–water partition coefficient (Wildman–Crippen LogP) is 4.28. The van der Waals surface area contributed by atoms with Crippen LogP contribution in [0, 0.1) is 5.82 Å². The lowest BCUT2D eigenvalue weighted by atomic mass is 10.1. The molecule has 0 unspecified atom stereocenters. The number of anilines is 1. The zero-order valence-electron chi connectivity index (χ0n) is 19.8. The number of halogens is 2.